The molecule has 0 bridgehead atoms. The Balaban J connectivity index is 2.82. The summed E-state index contributed by atoms with van der Waals surface area (Å²) < 4.78 is 11.1. The third-order valence-electron chi connectivity index (χ3n) is 2.86. The lowest BCUT2D eigenvalue weighted by molar-refractivity contribution is 0.0470. The Hall–Kier alpha value is -1.50. The van der Waals surface area contributed by atoms with Crippen LogP contribution in [-0.2, 0) is 11.3 Å². The van der Waals surface area contributed by atoms with E-state index in [-0.39, 0.29) is 6.10 Å². The Morgan fingerprint density at radius 2 is 2.16 bits per heavy atom. The minimum atomic E-state index is 0.256. The maximum atomic E-state index is 5.83. The molecule has 0 aliphatic carbocycles. The summed E-state index contributed by atoms with van der Waals surface area (Å²) in [7, 11) is 1.66. The molecule has 0 fully saturated rings. The second kappa shape index (κ2) is 8.58. The molecule has 0 saturated carbocycles. The average Bonchev–Trinajstić information content (AvgIpc) is 2.43. The predicted octanol–water partition coefficient (Wildman–Crippen LogP) is 2.71. The van der Waals surface area contributed by atoms with Crippen LogP contribution in [0.5, 0.6) is 5.75 Å². The molecule has 1 rings (SSSR count). The van der Waals surface area contributed by atoms with Gasteiger partial charge in [-0.1, -0.05) is 25.2 Å². The molecule has 0 aliphatic rings. The molecule has 0 radical (unpaired) electrons. The first-order valence-corrected chi connectivity index (χ1v) is 6.68. The van der Waals surface area contributed by atoms with Crippen molar-refractivity contribution in [2.45, 2.75) is 39.4 Å². The van der Waals surface area contributed by atoms with Crippen LogP contribution in [0.1, 0.15) is 37.8 Å². The van der Waals surface area contributed by atoms with E-state index in [1.165, 1.54) is 0 Å². The van der Waals surface area contributed by atoms with Gasteiger partial charge in [-0.05, 0) is 37.1 Å². The molecular weight excluding hydrogens is 238 g/mol. The van der Waals surface area contributed by atoms with Crippen molar-refractivity contribution >= 4 is 0 Å². The Morgan fingerprint density at radius 1 is 1.37 bits per heavy atom. The number of benzene rings is 1. The second-order valence-corrected chi connectivity index (χ2v) is 4.44. The molecule has 1 aromatic carbocycles. The number of nitrogens with two attached hydrogens (primary N) is 1. The smallest absolute Gasteiger partial charge is 0.119 e. The summed E-state index contributed by atoms with van der Waals surface area (Å²) in [6.07, 6.45) is 2.44. The maximum absolute atomic E-state index is 5.83. The van der Waals surface area contributed by atoms with Gasteiger partial charge in [0.05, 0.1) is 26.4 Å². The maximum Gasteiger partial charge on any atom is 0.119 e. The normalized spacial score (nSPS) is 11.6. The van der Waals surface area contributed by atoms with Crippen molar-refractivity contribution in [1.82, 2.24) is 0 Å². The molecule has 1 unspecified atom stereocenters. The zero-order valence-electron chi connectivity index (χ0n) is 12.0. The van der Waals surface area contributed by atoms with Gasteiger partial charge in [0.2, 0.25) is 0 Å². The van der Waals surface area contributed by atoms with Crippen molar-refractivity contribution in [2.75, 3.05) is 13.7 Å². The summed E-state index contributed by atoms with van der Waals surface area (Å²) in [5.41, 5.74) is 7.41. The number of hydrogen-bond acceptors (Lipinski definition) is 3. The Bertz CT molecular complexity index is 446. The van der Waals surface area contributed by atoms with Gasteiger partial charge in [-0.15, -0.1) is 0 Å². The first-order chi connectivity index (χ1) is 9.21. The molecule has 19 heavy (non-hydrogen) atoms. The van der Waals surface area contributed by atoms with E-state index >= 15 is 0 Å². The quantitative estimate of drug-likeness (QED) is 0.801. The van der Waals surface area contributed by atoms with Crippen molar-refractivity contribution in [2.24, 2.45) is 5.73 Å². The third kappa shape index (κ3) is 5.34. The van der Waals surface area contributed by atoms with Gasteiger partial charge < -0.3 is 15.2 Å². The van der Waals surface area contributed by atoms with Crippen molar-refractivity contribution in [3.63, 3.8) is 0 Å². The Morgan fingerprint density at radius 3 is 2.79 bits per heavy atom. The fourth-order valence-electron chi connectivity index (χ4n) is 1.81. The predicted molar refractivity (Wildman–Crippen MR) is 78.1 cm³/mol. The molecule has 0 saturated heterocycles. The van der Waals surface area contributed by atoms with Gasteiger partial charge in [0.25, 0.3) is 0 Å². The minimum Gasteiger partial charge on any atom is -0.497 e. The van der Waals surface area contributed by atoms with Crippen molar-refractivity contribution < 1.29 is 9.47 Å². The van der Waals surface area contributed by atoms with E-state index in [1.807, 2.05) is 18.2 Å². The molecule has 0 aromatic heterocycles. The third-order valence-corrected chi connectivity index (χ3v) is 2.86. The lowest BCUT2D eigenvalue weighted by Gasteiger charge is -2.13. The van der Waals surface area contributed by atoms with E-state index in [2.05, 4.69) is 25.7 Å². The van der Waals surface area contributed by atoms with Crippen LogP contribution in [0.3, 0.4) is 0 Å². The van der Waals surface area contributed by atoms with Gasteiger partial charge in [-0.2, -0.15) is 0 Å². The summed E-state index contributed by atoms with van der Waals surface area (Å²) in [6, 6.07) is 5.82. The minimum absolute atomic E-state index is 0.256. The van der Waals surface area contributed by atoms with Crippen LogP contribution in [-0.4, -0.2) is 19.8 Å². The van der Waals surface area contributed by atoms with Gasteiger partial charge in [0.15, 0.2) is 0 Å². The summed E-state index contributed by atoms with van der Waals surface area (Å²) in [6.45, 7) is 5.16. The Kier molecular flexibility index (Phi) is 7.02. The lowest BCUT2D eigenvalue weighted by Crippen LogP contribution is -2.08. The number of hydrogen-bond donors (Lipinski definition) is 1. The zero-order valence-corrected chi connectivity index (χ0v) is 12.0. The first-order valence-electron chi connectivity index (χ1n) is 6.68. The first kappa shape index (κ1) is 15.6. The molecule has 3 nitrogen and oxygen atoms in total. The van der Waals surface area contributed by atoms with Gasteiger partial charge in [-0.3, -0.25) is 0 Å². The van der Waals surface area contributed by atoms with Crippen molar-refractivity contribution in [1.29, 1.82) is 0 Å². The van der Waals surface area contributed by atoms with Gasteiger partial charge in [0.1, 0.15) is 5.75 Å². The molecule has 104 valence electrons. The largest absolute Gasteiger partial charge is 0.497 e. The Labute approximate surface area is 116 Å². The van der Waals surface area contributed by atoms with E-state index in [4.69, 9.17) is 15.2 Å². The summed E-state index contributed by atoms with van der Waals surface area (Å²) >= 11 is 0. The lowest BCUT2D eigenvalue weighted by atomic mass is 10.1. The van der Waals surface area contributed by atoms with E-state index in [0.29, 0.717) is 13.2 Å². The summed E-state index contributed by atoms with van der Waals surface area (Å²) in [4.78, 5) is 0. The van der Waals surface area contributed by atoms with Crippen LogP contribution in [0, 0.1) is 11.8 Å². The van der Waals surface area contributed by atoms with Crippen LogP contribution >= 0.6 is 0 Å². The number of rotatable bonds is 6. The van der Waals surface area contributed by atoms with E-state index in [0.717, 1.165) is 29.7 Å². The topological polar surface area (TPSA) is 44.5 Å². The summed E-state index contributed by atoms with van der Waals surface area (Å²) in [5.74, 6) is 6.77. The van der Waals surface area contributed by atoms with E-state index in [1.54, 1.807) is 7.11 Å². The monoisotopic (exact) mass is 261 g/mol. The SMILES string of the molecule is CCCC(C)OCc1cc(OC)ccc1C#CCN. The van der Waals surface area contributed by atoms with Crippen LogP contribution < -0.4 is 10.5 Å². The molecule has 0 spiro atoms. The van der Waals surface area contributed by atoms with Crippen molar-refractivity contribution in [3.8, 4) is 17.6 Å². The van der Waals surface area contributed by atoms with E-state index in [9.17, 15) is 0 Å². The molecule has 1 atom stereocenters. The molecule has 3 heteroatoms. The molecular formula is C16H23NO2. The highest BCUT2D eigenvalue weighted by molar-refractivity contribution is 5.45. The van der Waals surface area contributed by atoms with Crippen LogP contribution in [0.15, 0.2) is 18.2 Å². The van der Waals surface area contributed by atoms with E-state index < -0.39 is 0 Å². The standard InChI is InChI=1S/C16H23NO2/c1-4-6-13(2)19-12-15-11-16(18-3)9-8-14(15)7-5-10-17/h8-9,11,13H,4,6,10,12,17H2,1-3H3. The molecule has 2 N–H and O–H groups in total. The average molecular weight is 261 g/mol. The molecule has 0 amide bonds. The highest BCUT2D eigenvalue weighted by Gasteiger charge is 2.06. The number of ether oxygens (including phenoxy) is 2. The fourth-order valence-corrected chi connectivity index (χ4v) is 1.81. The number of methoxy groups -OCH3 is 1. The fraction of sp³-hybridized carbons (Fsp3) is 0.500. The highest BCUT2D eigenvalue weighted by Crippen LogP contribution is 2.19. The highest BCUT2D eigenvalue weighted by atomic mass is 16.5. The molecule has 0 aliphatic heterocycles. The van der Waals surface area contributed by atoms with Crippen molar-refractivity contribution in [3.05, 3.63) is 29.3 Å². The summed E-state index contributed by atoms with van der Waals surface area (Å²) in [5, 5.41) is 0. The zero-order chi connectivity index (χ0) is 14.1. The van der Waals surface area contributed by atoms with Gasteiger partial charge in [-0.25, -0.2) is 0 Å². The van der Waals surface area contributed by atoms with Crippen LogP contribution in [0.25, 0.3) is 0 Å². The molecule has 0 heterocycles. The van der Waals surface area contributed by atoms with Crippen LogP contribution in [0.4, 0.5) is 0 Å². The molecule has 1 aromatic rings. The van der Waals surface area contributed by atoms with Gasteiger partial charge in [0, 0.05) is 5.56 Å². The van der Waals surface area contributed by atoms with Gasteiger partial charge >= 0.3 is 0 Å². The second-order valence-electron chi connectivity index (χ2n) is 4.44. The van der Waals surface area contributed by atoms with Crippen LogP contribution in [0.2, 0.25) is 0 Å².